The maximum atomic E-state index is 5.46. The smallest absolute Gasteiger partial charge is 0.140 e. The van der Waals surface area contributed by atoms with Gasteiger partial charge in [-0.1, -0.05) is 42.5 Å². The second-order valence-corrected chi connectivity index (χ2v) is 4.73. The second-order valence-electron chi connectivity index (χ2n) is 3.47. The first-order valence-electron chi connectivity index (χ1n) is 5.05. The van der Waals surface area contributed by atoms with Gasteiger partial charge < -0.3 is 9.72 Å². The van der Waals surface area contributed by atoms with E-state index in [1.165, 1.54) is 0 Å². The molecule has 17 heavy (non-hydrogen) atoms. The molecule has 0 aliphatic rings. The molecule has 5 heteroatoms. The van der Waals surface area contributed by atoms with E-state index >= 15 is 0 Å². The van der Waals surface area contributed by atoms with E-state index in [-0.39, 0.29) is 6.10 Å². The minimum atomic E-state index is -0.231. The molecule has 0 saturated carbocycles. The van der Waals surface area contributed by atoms with Crippen LogP contribution < -0.4 is 0 Å². The first-order valence-corrected chi connectivity index (χ1v) is 6.25. The molecule has 1 heterocycles. The van der Waals surface area contributed by atoms with Gasteiger partial charge in [-0.25, -0.2) is 4.98 Å². The average Bonchev–Trinajstić information content (AvgIpc) is 2.36. The summed E-state index contributed by atoms with van der Waals surface area (Å²) in [6.07, 6.45) is 1.45. The maximum Gasteiger partial charge on any atom is 0.140 e. The van der Waals surface area contributed by atoms with Crippen LogP contribution in [0.4, 0.5) is 0 Å². The summed E-state index contributed by atoms with van der Waals surface area (Å²) in [4.78, 5) is 7.35. The first kappa shape index (κ1) is 12.4. The summed E-state index contributed by atoms with van der Waals surface area (Å²) in [5.74, 6) is 0.701. The Labute approximate surface area is 113 Å². The molecule has 1 N–H and O–H groups in total. The zero-order chi connectivity index (χ0) is 12.3. The molecule has 0 aliphatic heterocycles. The number of rotatable bonds is 3. The lowest BCUT2D eigenvalue weighted by Gasteiger charge is -2.14. The number of aromatic nitrogens is 2. The van der Waals surface area contributed by atoms with Crippen molar-refractivity contribution in [1.82, 2.24) is 9.97 Å². The molecular formula is C12H11BrN2OS. The number of hydrogen-bond acceptors (Lipinski definition) is 3. The maximum absolute atomic E-state index is 5.46. The highest BCUT2D eigenvalue weighted by Crippen LogP contribution is 2.22. The third-order valence-corrected chi connectivity index (χ3v) is 3.55. The Bertz CT molecular complexity index is 556. The van der Waals surface area contributed by atoms with Crippen molar-refractivity contribution in [2.75, 3.05) is 7.11 Å². The summed E-state index contributed by atoms with van der Waals surface area (Å²) in [7, 11) is 1.65. The second kappa shape index (κ2) is 5.53. The average molecular weight is 311 g/mol. The van der Waals surface area contributed by atoms with Crippen molar-refractivity contribution in [1.29, 1.82) is 0 Å². The van der Waals surface area contributed by atoms with Crippen LogP contribution in [0.25, 0.3) is 0 Å². The molecule has 1 atom stereocenters. The Hall–Kier alpha value is -1.04. The van der Waals surface area contributed by atoms with Gasteiger partial charge in [0, 0.05) is 13.3 Å². The summed E-state index contributed by atoms with van der Waals surface area (Å²) in [5, 5.41) is 0. The van der Waals surface area contributed by atoms with E-state index in [1.54, 1.807) is 13.3 Å². The number of nitrogens with zero attached hydrogens (tertiary/aromatic N) is 1. The molecule has 0 aliphatic carbocycles. The van der Waals surface area contributed by atoms with Crippen LogP contribution in [0.15, 0.2) is 41.0 Å². The predicted molar refractivity (Wildman–Crippen MR) is 72.4 cm³/mol. The zero-order valence-electron chi connectivity index (χ0n) is 9.18. The lowest BCUT2D eigenvalue weighted by atomic mass is 10.1. The Balaban J connectivity index is 2.43. The Morgan fingerprint density at radius 3 is 2.65 bits per heavy atom. The van der Waals surface area contributed by atoms with E-state index < -0.39 is 0 Å². The minimum absolute atomic E-state index is 0.231. The van der Waals surface area contributed by atoms with Crippen LogP contribution in [-0.2, 0) is 4.74 Å². The van der Waals surface area contributed by atoms with Gasteiger partial charge in [-0.15, -0.1) is 0 Å². The molecular weight excluding hydrogens is 300 g/mol. The van der Waals surface area contributed by atoms with Crippen molar-refractivity contribution in [3.8, 4) is 0 Å². The fraction of sp³-hybridized carbons (Fsp3) is 0.167. The highest BCUT2D eigenvalue weighted by Gasteiger charge is 2.15. The van der Waals surface area contributed by atoms with Crippen LogP contribution in [0, 0.1) is 4.64 Å². The summed E-state index contributed by atoms with van der Waals surface area (Å²) in [6.45, 7) is 0. The Morgan fingerprint density at radius 1 is 1.35 bits per heavy atom. The molecule has 1 aromatic heterocycles. The van der Waals surface area contributed by atoms with Crippen LogP contribution in [0.1, 0.15) is 17.5 Å². The van der Waals surface area contributed by atoms with Crippen LogP contribution >= 0.6 is 28.1 Å². The van der Waals surface area contributed by atoms with E-state index in [4.69, 9.17) is 17.0 Å². The van der Waals surface area contributed by atoms with Crippen molar-refractivity contribution in [2.24, 2.45) is 0 Å². The zero-order valence-corrected chi connectivity index (χ0v) is 11.6. The highest BCUT2D eigenvalue weighted by molar-refractivity contribution is 9.10. The van der Waals surface area contributed by atoms with Crippen LogP contribution in [0.3, 0.4) is 0 Å². The van der Waals surface area contributed by atoms with E-state index in [9.17, 15) is 0 Å². The number of ether oxygens (including phenoxy) is 1. The number of H-pyrrole nitrogens is 1. The molecule has 2 aromatic rings. The Kier molecular flexibility index (Phi) is 4.04. The molecule has 3 nitrogen and oxygen atoms in total. The quantitative estimate of drug-likeness (QED) is 0.880. The van der Waals surface area contributed by atoms with Crippen molar-refractivity contribution >= 4 is 28.1 Å². The van der Waals surface area contributed by atoms with Crippen molar-refractivity contribution in [3.63, 3.8) is 0 Å². The Morgan fingerprint density at radius 2 is 2.06 bits per heavy atom. The molecule has 0 spiro atoms. The molecule has 88 valence electrons. The van der Waals surface area contributed by atoms with Gasteiger partial charge in [0.05, 0.1) is 4.47 Å². The lowest BCUT2D eigenvalue weighted by Crippen LogP contribution is -2.08. The minimum Gasteiger partial charge on any atom is -0.369 e. The summed E-state index contributed by atoms with van der Waals surface area (Å²) in [6, 6.07) is 9.89. The van der Waals surface area contributed by atoms with E-state index in [2.05, 4.69) is 25.9 Å². The van der Waals surface area contributed by atoms with E-state index in [0.717, 1.165) is 10.0 Å². The number of benzene rings is 1. The van der Waals surface area contributed by atoms with Crippen LogP contribution in [0.5, 0.6) is 0 Å². The topological polar surface area (TPSA) is 37.9 Å². The summed E-state index contributed by atoms with van der Waals surface area (Å²) < 4.78 is 6.86. The summed E-state index contributed by atoms with van der Waals surface area (Å²) >= 11 is 8.48. The van der Waals surface area contributed by atoms with E-state index in [1.807, 2.05) is 30.3 Å². The number of halogens is 1. The number of methoxy groups -OCH3 is 1. The van der Waals surface area contributed by atoms with Gasteiger partial charge in [0.25, 0.3) is 0 Å². The number of aromatic amines is 1. The predicted octanol–water partition coefficient (Wildman–Crippen LogP) is 3.64. The molecule has 2 rings (SSSR count). The molecule has 1 unspecified atom stereocenters. The van der Waals surface area contributed by atoms with Gasteiger partial charge in [-0.3, -0.25) is 0 Å². The van der Waals surface area contributed by atoms with Gasteiger partial charge in [-0.2, -0.15) is 0 Å². The number of hydrogen-bond donors (Lipinski definition) is 1. The number of nitrogens with one attached hydrogen (secondary N) is 1. The molecule has 1 aromatic carbocycles. The molecule has 0 amide bonds. The molecule has 0 bridgehead atoms. The molecule has 0 radical (unpaired) electrons. The SMILES string of the molecule is COC(c1ccccc1)c1ncc(Br)c(=S)[nH]1. The fourth-order valence-electron chi connectivity index (χ4n) is 1.56. The van der Waals surface area contributed by atoms with Gasteiger partial charge in [0.1, 0.15) is 16.6 Å². The lowest BCUT2D eigenvalue weighted by molar-refractivity contribution is 0.129. The van der Waals surface area contributed by atoms with Gasteiger partial charge in [-0.05, 0) is 21.5 Å². The third-order valence-electron chi connectivity index (χ3n) is 2.36. The monoisotopic (exact) mass is 310 g/mol. The van der Waals surface area contributed by atoms with Crippen molar-refractivity contribution in [2.45, 2.75) is 6.10 Å². The first-order chi connectivity index (χ1) is 8.22. The van der Waals surface area contributed by atoms with Crippen LogP contribution in [-0.4, -0.2) is 17.1 Å². The van der Waals surface area contributed by atoms with Crippen LogP contribution in [0.2, 0.25) is 0 Å². The van der Waals surface area contributed by atoms with Crippen molar-refractivity contribution < 1.29 is 4.74 Å². The van der Waals surface area contributed by atoms with Gasteiger partial charge in [0.2, 0.25) is 0 Å². The van der Waals surface area contributed by atoms with Gasteiger partial charge >= 0.3 is 0 Å². The third kappa shape index (κ3) is 2.80. The largest absolute Gasteiger partial charge is 0.369 e. The summed E-state index contributed by atoms with van der Waals surface area (Å²) in [5.41, 5.74) is 1.04. The highest BCUT2D eigenvalue weighted by atomic mass is 79.9. The molecule has 0 fully saturated rings. The standard InChI is InChI=1S/C12H11BrN2OS/c1-16-10(8-5-3-2-4-6-8)11-14-7-9(13)12(17)15-11/h2-7,10H,1H3,(H,14,15,17). The fourth-order valence-corrected chi connectivity index (χ4v) is 1.92. The van der Waals surface area contributed by atoms with E-state index in [0.29, 0.717) is 10.5 Å². The van der Waals surface area contributed by atoms with Crippen molar-refractivity contribution in [3.05, 3.63) is 57.0 Å². The normalized spacial score (nSPS) is 12.4. The van der Waals surface area contributed by atoms with Gasteiger partial charge in [0.15, 0.2) is 0 Å². The molecule has 0 saturated heterocycles.